The fourth-order valence-electron chi connectivity index (χ4n) is 2.22. The summed E-state index contributed by atoms with van der Waals surface area (Å²) in [4.78, 5) is 0. The van der Waals surface area contributed by atoms with Crippen LogP contribution in [0.15, 0.2) is 12.3 Å². The van der Waals surface area contributed by atoms with E-state index in [4.69, 9.17) is 5.84 Å². The number of unbranched alkanes of at least 4 members (excludes halogenated alkanes) is 1. The molecule has 2 atom stereocenters. The van der Waals surface area contributed by atoms with E-state index in [-0.39, 0.29) is 6.04 Å². The minimum Gasteiger partial charge on any atom is -0.271 e. The molecule has 1 heterocycles. The number of hydrogen-bond donors (Lipinski definition) is 2. The zero-order valence-corrected chi connectivity index (χ0v) is 10.6. The van der Waals surface area contributed by atoms with Crippen LogP contribution in [0.4, 0.5) is 0 Å². The Labute approximate surface area is 98.2 Å². The molecule has 0 radical (unpaired) electrons. The minimum atomic E-state index is 0.212. The molecule has 4 heteroatoms. The van der Waals surface area contributed by atoms with Gasteiger partial charge < -0.3 is 0 Å². The van der Waals surface area contributed by atoms with Gasteiger partial charge in [0.25, 0.3) is 0 Å². The molecular formula is C12H24N4. The Kier molecular flexibility index (Phi) is 5.49. The normalized spacial score (nSPS) is 15.0. The lowest BCUT2D eigenvalue weighted by Gasteiger charge is -2.25. The van der Waals surface area contributed by atoms with E-state index in [2.05, 4.69) is 24.4 Å². The number of nitrogens with one attached hydrogen (secondary N) is 1. The predicted molar refractivity (Wildman–Crippen MR) is 66.6 cm³/mol. The van der Waals surface area contributed by atoms with Crippen LogP contribution >= 0.6 is 0 Å². The fourth-order valence-corrected chi connectivity index (χ4v) is 2.22. The maximum absolute atomic E-state index is 5.69. The highest BCUT2D eigenvalue weighted by Crippen LogP contribution is 2.27. The second-order valence-electron chi connectivity index (χ2n) is 4.33. The van der Waals surface area contributed by atoms with Crippen LogP contribution in [-0.4, -0.2) is 9.78 Å². The topological polar surface area (TPSA) is 55.9 Å². The molecule has 0 saturated carbocycles. The Balaban J connectivity index is 2.75. The van der Waals surface area contributed by atoms with Crippen molar-refractivity contribution in [2.45, 2.75) is 45.6 Å². The molecule has 0 spiro atoms. The van der Waals surface area contributed by atoms with Gasteiger partial charge in [0, 0.05) is 13.2 Å². The lowest BCUT2D eigenvalue weighted by Crippen LogP contribution is -2.34. The molecule has 0 bridgehead atoms. The molecule has 2 unspecified atom stereocenters. The third-order valence-electron chi connectivity index (χ3n) is 3.28. The van der Waals surface area contributed by atoms with Gasteiger partial charge in [-0.25, -0.2) is 0 Å². The summed E-state index contributed by atoms with van der Waals surface area (Å²) < 4.78 is 1.90. The molecule has 92 valence electrons. The highest BCUT2D eigenvalue weighted by Gasteiger charge is 2.22. The van der Waals surface area contributed by atoms with Crippen LogP contribution in [0.25, 0.3) is 0 Å². The zero-order valence-electron chi connectivity index (χ0n) is 10.6. The van der Waals surface area contributed by atoms with Crippen molar-refractivity contribution in [2.75, 3.05) is 0 Å². The Morgan fingerprint density at radius 1 is 1.50 bits per heavy atom. The van der Waals surface area contributed by atoms with Crippen molar-refractivity contribution in [3.63, 3.8) is 0 Å². The molecule has 0 aliphatic heterocycles. The van der Waals surface area contributed by atoms with Gasteiger partial charge in [-0.3, -0.25) is 16.0 Å². The van der Waals surface area contributed by atoms with Crippen LogP contribution in [0, 0.1) is 5.92 Å². The standard InChI is InChI=1S/C12H24N4/c1-4-6-7-10(5-2)12(15-13)11-8-9-14-16(11)3/h8-10,12,15H,4-7,13H2,1-3H3. The third kappa shape index (κ3) is 3.06. The molecule has 0 amide bonds. The molecule has 1 rings (SSSR count). The average molecular weight is 224 g/mol. The highest BCUT2D eigenvalue weighted by atomic mass is 15.3. The van der Waals surface area contributed by atoms with E-state index in [0.29, 0.717) is 5.92 Å². The van der Waals surface area contributed by atoms with Gasteiger partial charge in [0.15, 0.2) is 0 Å². The van der Waals surface area contributed by atoms with Gasteiger partial charge in [0.1, 0.15) is 0 Å². The van der Waals surface area contributed by atoms with Crippen molar-refractivity contribution < 1.29 is 0 Å². The van der Waals surface area contributed by atoms with E-state index in [9.17, 15) is 0 Å². The maximum atomic E-state index is 5.69. The number of rotatable bonds is 7. The molecule has 1 aromatic heterocycles. The highest BCUT2D eigenvalue weighted by molar-refractivity contribution is 5.07. The summed E-state index contributed by atoms with van der Waals surface area (Å²) in [5.74, 6) is 6.27. The SMILES string of the molecule is CCCCC(CC)C(NN)c1ccnn1C. The van der Waals surface area contributed by atoms with Crippen molar-refractivity contribution in [2.24, 2.45) is 18.8 Å². The van der Waals surface area contributed by atoms with Crippen molar-refractivity contribution in [3.8, 4) is 0 Å². The van der Waals surface area contributed by atoms with Gasteiger partial charge in [-0.05, 0) is 18.4 Å². The van der Waals surface area contributed by atoms with Gasteiger partial charge in [0.2, 0.25) is 0 Å². The smallest absolute Gasteiger partial charge is 0.0656 e. The van der Waals surface area contributed by atoms with E-state index in [1.54, 1.807) is 0 Å². The first-order valence-corrected chi connectivity index (χ1v) is 6.18. The van der Waals surface area contributed by atoms with E-state index >= 15 is 0 Å². The Morgan fingerprint density at radius 3 is 2.69 bits per heavy atom. The van der Waals surface area contributed by atoms with Gasteiger partial charge in [-0.1, -0.05) is 33.1 Å². The molecular weight excluding hydrogens is 200 g/mol. The number of hydrogen-bond acceptors (Lipinski definition) is 3. The molecule has 0 aromatic carbocycles. The summed E-state index contributed by atoms with van der Waals surface area (Å²) in [7, 11) is 1.96. The van der Waals surface area contributed by atoms with E-state index < -0.39 is 0 Å². The van der Waals surface area contributed by atoms with Gasteiger partial charge in [0.05, 0.1) is 11.7 Å². The molecule has 0 aliphatic rings. The molecule has 0 fully saturated rings. The third-order valence-corrected chi connectivity index (χ3v) is 3.28. The summed E-state index contributed by atoms with van der Waals surface area (Å²) in [5.41, 5.74) is 4.12. The van der Waals surface area contributed by atoms with Crippen molar-refractivity contribution in [3.05, 3.63) is 18.0 Å². The minimum absolute atomic E-state index is 0.212. The second-order valence-corrected chi connectivity index (χ2v) is 4.33. The molecule has 3 N–H and O–H groups in total. The molecule has 16 heavy (non-hydrogen) atoms. The van der Waals surface area contributed by atoms with Gasteiger partial charge >= 0.3 is 0 Å². The number of aromatic nitrogens is 2. The van der Waals surface area contributed by atoms with Crippen LogP contribution in [0.3, 0.4) is 0 Å². The monoisotopic (exact) mass is 224 g/mol. The lowest BCUT2D eigenvalue weighted by atomic mass is 9.90. The van der Waals surface area contributed by atoms with Gasteiger partial charge in [-0.15, -0.1) is 0 Å². The number of aryl methyl sites for hydroxylation is 1. The Hall–Kier alpha value is -0.870. The van der Waals surface area contributed by atoms with Crippen molar-refractivity contribution in [1.82, 2.24) is 15.2 Å². The number of nitrogens with zero attached hydrogens (tertiary/aromatic N) is 2. The summed E-state index contributed by atoms with van der Waals surface area (Å²) in [6, 6.07) is 2.25. The summed E-state index contributed by atoms with van der Waals surface area (Å²) in [6.07, 6.45) is 6.67. The quantitative estimate of drug-likeness (QED) is 0.551. The van der Waals surface area contributed by atoms with Crippen LogP contribution in [0.5, 0.6) is 0 Å². The van der Waals surface area contributed by atoms with Crippen LogP contribution in [0.2, 0.25) is 0 Å². The summed E-state index contributed by atoms with van der Waals surface area (Å²) in [5, 5.41) is 4.20. The predicted octanol–water partition coefficient (Wildman–Crippen LogP) is 2.14. The van der Waals surface area contributed by atoms with E-state index in [1.807, 2.05) is 24.0 Å². The first-order chi connectivity index (χ1) is 7.74. The van der Waals surface area contributed by atoms with E-state index in [0.717, 1.165) is 6.42 Å². The van der Waals surface area contributed by atoms with E-state index in [1.165, 1.54) is 25.0 Å². The summed E-state index contributed by atoms with van der Waals surface area (Å²) in [6.45, 7) is 4.45. The second kappa shape index (κ2) is 6.66. The van der Waals surface area contributed by atoms with Crippen molar-refractivity contribution >= 4 is 0 Å². The molecule has 0 saturated heterocycles. The zero-order chi connectivity index (χ0) is 12.0. The van der Waals surface area contributed by atoms with Crippen LogP contribution in [0.1, 0.15) is 51.3 Å². The van der Waals surface area contributed by atoms with Crippen molar-refractivity contribution in [1.29, 1.82) is 0 Å². The molecule has 0 aliphatic carbocycles. The first kappa shape index (κ1) is 13.2. The number of nitrogens with two attached hydrogens (primary N) is 1. The Bertz CT molecular complexity index is 295. The maximum Gasteiger partial charge on any atom is 0.0656 e. The average Bonchev–Trinajstić information content (AvgIpc) is 2.71. The first-order valence-electron chi connectivity index (χ1n) is 6.18. The molecule has 4 nitrogen and oxygen atoms in total. The van der Waals surface area contributed by atoms with Crippen LogP contribution < -0.4 is 11.3 Å². The largest absolute Gasteiger partial charge is 0.271 e. The summed E-state index contributed by atoms with van der Waals surface area (Å²) >= 11 is 0. The fraction of sp³-hybridized carbons (Fsp3) is 0.750. The number of hydrazine groups is 1. The molecule has 1 aromatic rings. The van der Waals surface area contributed by atoms with Gasteiger partial charge in [-0.2, -0.15) is 5.10 Å². The van der Waals surface area contributed by atoms with Crippen LogP contribution in [-0.2, 0) is 7.05 Å². The lowest BCUT2D eigenvalue weighted by molar-refractivity contribution is 0.313. The Morgan fingerprint density at radius 2 is 2.25 bits per heavy atom.